The molecule has 8 aromatic rings. The van der Waals surface area contributed by atoms with Crippen LogP contribution >= 0.6 is 33.5 Å². The molecule has 0 aliphatic carbocycles. The lowest BCUT2D eigenvalue weighted by molar-refractivity contribution is -0.0351. The molecule has 0 saturated carbocycles. The zero-order valence-corrected chi connectivity index (χ0v) is 97.6. The van der Waals surface area contributed by atoms with Gasteiger partial charge in [0, 0.05) is 55.7 Å². The number of nitrogens with zero attached hydrogens (tertiary/aromatic N) is 14. The van der Waals surface area contributed by atoms with E-state index in [9.17, 15) is 28.8 Å². The molecule has 40 nitrogen and oxygen atoms in total. The summed E-state index contributed by atoms with van der Waals surface area (Å²) >= 11 is 0. The summed E-state index contributed by atoms with van der Waals surface area (Å²) in [5, 5.41) is 40.9. The van der Waals surface area contributed by atoms with Gasteiger partial charge in [0.15, 0.2) is 120 Å². The Balaban J connectivity index is 0.000000218. The number of aromatic nitrogens is 12. The van der Waals surface area contributed by atoms with Crippen molar-refractivity contribution in [2.75, 3.05) is 63.7 Å². The molecule has 800 valence electrons. The highest BCUT2D eigenvalue weighted by Gasteiger charge is 2.57. The fourth-order valence-corrected chi connectivity index (χ4v) is 24.3. The lowest BCUT2D eigenvalue weighted by Gasteiger charge is -2.40. The van der Waals surface area contributed by atoms with Gasteiger partial charge in [-0.15, -0.1) is 0 Å². The van der Waals surface area contributed by atoms with Gasteiger partial charge in [-0.1, -0.05) is 147 Å². The maximum absolute atomic E-state index is 13.2. The van der Waals surface area contributed by atoms with Gasteiger partial charge in [0.25, 0.3) is 22.9 Å². The Morgan fingerprint density at radius 1 is 0.425 bits per heavy atom. The van der Waals surface area contributed by atoms with Crippen molar-refractivity contribution in [2.24, 2.45) is 0 Å². The summed E-state index contributed by atoms with van der Waals surface area (Å²) in [7, 11) is -14.2. The molecule has 10 heterocycles. The van der Waals surface area contributed by atoms with Crippen molar-refractivity contribution >= 4 is 113 Å². The van der Waals surface area contributed by atoms with E-state index in [0.717, 1.165) is 6.42 Å². The predicted octanol–water partition coefficient (Wildman–Crippen LogP) is 19.7. The first-order chi connectivity index (χ1) is 68.5. The van der Waals surface area contributed by atoms with Crippen LogP contribution in [0.5, 0.6) is 0 Å². The highest BCUT2D eigenvalue weighted by molar-refractivity contribution is 7.47. The quantitative estimate of drug-likeness (QED) is 0.0157. The van der Waals surface area contributed by atoms with Crippen molar-refractivity contribution in [2.45, 2.75) is 347 Å². The second kappa shape index (κ2) is 53.1. The first-order valence-electron chi connectivity index (χ1n) is 49.3. The lowest BCUT2D eigenvalue weighted by Crippen LogP contribution is -2.49. The monoisotopic (exact) mass is 2170 g/mol. The minimum atomic E-state index is -2.24. The minimum absolute atomic E-state index is 0.00182. The molecule has 4 aliphatic heterocycles. The Bertz CT molecular complexity index is 6050. The number of hydrogen-bond acceptors (Lipinski definition) is 32. The summed E-state index contributed by atoms with van der Waals surface area (Å²) in [6, 6.07) is 27.5. The maximum Gasteiger partial charge on any atom is 0.351 e. The Morgan fingerprint density at radius 2 is 0.760 bits per heavy atom. The summed E-state index contributed by atoms with van der Waals surface area (Å²) in [5.74, 6) is 0.279. The van der Waals surface area contributed by atoms with Crippen molar-refractivity contribution in [3.8, 4) is 24.3 Å². The molecular weight excluding hydrogens is 2020 g/mol. The summed E-state index contributed by atoms with van der Waals surface area (Å²) in [4.78, 5) is 107. The van der Waals surface area contributed by atoms with Crippen molar-refractivity contribution in [3.63, 3.8) is 0 Å². The molecule has 4 fully saturated rings. The summed E-state index contributed by atoms with van der Waals surface area (Å²) < 4.78 is 108. The Morgan fingerprint density at radius 3 is 1.10 bits per heavy atom. The van der Waals surface area contributed by atoms with Gasteiger partial charge in [-0.2, -0.15) is 26.0 Å². The molecule has 20 atom stereocenters. The zero-order valence-electron chi connectivity index (χ0n) is 90.0. The summed E-state index contributed by atoms with van der Waals surface area (Å²) in [6.45, 7) is 63.7. The van der Waals surface area contributed by atoms with Crippen LogP contribution in [0.25, 0.3) is 22.3 Å². The summed E-state index contributed by atoms with van der Waals surface area (Å²) in [5.41, 5.74) is 1.11. The van der Waals surface area contributed by atoms with Gasteiger partial charge >= 0.3 is 11.4 Å². The molecule has 4 saturated heterocycles. The first-order valence-corrected chi connectivity index (χ1v) is 67.4. The Hall–Kier alpha value is -8.25. The molecule has 0 bridgehead atoms. The summed E-state index contributed by atoms with van der Waals surface area (Å²) in [6.07, 6.45) is 3.82. The van der Waals surface area contributed by atoms with Gasteiger partial charge in [-0.3, -0.25) is 42.4 Å². The van der Waals surface area contributed by atoms with E-state index in [4.69, 9.17) is 93.9 Å². The molecule has 12 rings (SSSR count). The fraction of sp³-hybridized carbons (Fsp3) is 0.633. The van der Waals surface area contributed by atoms with Gasteiger partial charge in [-0.05, 0) is 142 Å². The number of aromatic amines is 2. The van der Waals surface area contributed by atoms with Crippen LogP contribution in [0.4, 0.5) is 11.6 Å². The third kappa shape index (κ3) is 31.3. The second-order valence-electron chi connectivity index (χ2n) is 41.9. The number of rotatable bonds is 40. The van der Waals surface area contributed by atoms with E-state index in [1.54, 1.807) is 91.9 Å². The van der Waals surface area contributed by atoms with E-state index in [0.29, 0.717) is 77.4 Å². The van der Waals surface area contributed by atoms with Crippen molar-refractivity contribution in [1.82, 2.24) is 58.1 Å². The molecule has 2 aromatic carbocycles. The van der Waals surface area contributed by atoms with Crippen LogP contribution in [0.1, 0.15) is 219 Å². The zero-order chi connectivity index (χ0) is 108. The fourth-order valence-electron chi connectivity index (χ4n) is 15.2. The topological polar surface area (TPSA) is 498 Å². The standard InChI is InChI=1S/C28H39N6O5PSi.C27H39N4O6PSi.C22H36N5O5PSi.C21H36N3O6PSi/c1-8-20-22(39-41(6,7)28(2,3)4)23(38-40(5)36-16-12-15-29)27(37-20)34-18-32-21-24(30-17-31-25(21)34)33-26(35)19-13-10-9-11-14-19;1-8-20-22(37-39(6,7)27(2,3)4)23(36-38(5)34-18-12-16-28)25(35-20)31-17-15-21(30-26(31)33)29-24(32)19-13-10-9-11-14-19;1-9-15-17(32-34(7,8)22(3,4)5)18(31-33(6)29-12-10-11-23)21(30-15)27-13-24-16-19(27)25-14(2)26-20(16)28;1-9-15-16(30-32(7,8)21(3,4)5)17(29-31(6)27-12-10-11-22)19(28-15)24-13-14(2)18(25)23-20(24)26/h9-11,13-14,17-18,20,22-23,27H,8,12,16H2,1-7H3,(H,30,31,33,35);9-11,13-15,17,20,22-23,25H,8,12,18H2,1-7H3,(H,29,30,32,33);13,15,17-18,21H,9-10,12H2,1-8H3,(H,25,26,28);13,15-17,19H,9-10,12H2,1-8H3,(H,23,25,26)/t20-,22?,23+,27-,40?;20-,22?,23+,25-,38?;15-,17?,18+,21-,33?;15-,16?,17+,19-,31?/m1111/s1. The molecule has 48 heteroatoms. The number of imidazole rings is 2. The van der Waals surface area contributed by atoms with Crippen LogP contribution in [0.15, 0.2) is 117 Å². The van der Waals surface area contributed by atoms with Crippen molar-refractivity contribution < 1.29 is 82.4 Å². The van der Waals surface area contributed by atoms with E-state index in [2.05, 4.69) is 218 Å². The van der Waals surface area contributed by atoms with Crippen molar-refractivity contribution in [1.29, 1.82) is 21.0 Å². The number of fused-ring (bicyclic) bond motifs is 2. The number of aryl methyl sites for hydroxylation is 2. The molecule has 0 radical (unpaired) electrons. The number of nitrogens with one attached hydrogen (secondary N) is 4. The Labute approximate surface area is 866 Å². The van der Waals surface area contributed by atoms with Gasteiger partial charge in [-0.25, -0.2) is 34.5 Å². The van der Waals surface area contributed by atoms with Crippen LogP contribution in [-0.2, 0) is 72.8 Å². The van der Waals surface area contributed by atoms with E-state index >= 15 is 0 Å². The SMILES string of the molecule is CC[C@H]1O[C@@H](n2cc(C)c(=O)[nH]c2=O)[C@@H](OP(C)OCCC#N)C1O[Si](C)(C)C(C)(C)C.CC[C@H]1O[C@@H](n2ccc(NC(=O)c3ccccc3)nc2=O)[C@@H](OP(C)OCCC#N)C1O[Si](C)(C)C(C)(C)C.CC[C@H]1O[C@@H](n2cnc3c(=O)[nH]c(C)nc32)[C@@H](OP(C)OCCC#N)C1O[Si](C)(C)C(C)(C)C.CC[C@H]1O[C@@H](n2cnc3c(NC(=O)c4ccccc4)ncnc32)[C@@H](OP(C)OCCC#N)C1O[Si](C)(C)C(C)(C)C. The van der Waals surface area contributed by atoms with Crippen LogP contribution in [0.3, 0.4) is 0 Å². The van der Waals surface area contributed by atoms with Gasteiger partial charge in [0.2, 0.25) is 0 Å². The number of carbonyl (C=O) groups excluding carboxylic acids is 2. The number of nitriles is 4. The van der Waals surface area contributed by atoms with Gasteiger partial charge < -0.3 is 88.5 Å². The number of H-pyrrole nitrogens is 2. The van der Waals surface area contributed by atoms with Crippen LogP contribution in [-0.4, -0.2) is 230 Å². The number of amides is 2. The highest BCUT2D eigenvalue weighted by Crippen LogP contribution is 2.54. The smallest absolute Gasteiger partial charge is 0.351 e. The number of benzene rings is 2. The number of anilines is 2. The second-order valence-corrected chi connectivity index (χ2v) is 66.3. The maximum atomic E-state index is 13.2. The molecule has 146 heavy (non-hydrogen) atoms. The molecule has 4 N–H and O–H groups in total. The van der Waals surface area contributed by atoms with Crippen LogP contribution in [0.2, 0.25) is 72.5 Å². The molecule has 2 amide bonds. The van der Waals surface area contributed by atoms with Gasteiger partial charge in [0.05, 0.1) is 113 Å². The predicted molar refractivity (Wildman–Crippen MR) is 572 cm³/mol. The molecule has 0 spiro atoms. The van der Waals surface area contributed by atoms with E-state index in [1.807, 2.05) is 63.3 Å². The van der Waals surface area contributed by atoms with Crippen molar-refractivity contribution in [3.05, 3.63) is 162 Å². The molecular formula is C98H150N18O22P4Si4. The van der Waals surface area contributed by atoms with E-state index < -0.39 is 145 Å². The number of ether oxygens (including phenoxy) is 4. The highest BCUT2D eigenvalue weighted by atomic mass is 31.2. The van der Waals surface area contributed by atoms with E-state index in [-0.39, 0.29) is 125 Å². The molecule has 8 unspecified atom stereocenters. The van der Waals surface area contributed by atoms with E-state index in [1.165, 1.54) is 21.7 Å². The minimum Gasteiger partial charge on any atom is -0.408 e. The third-order valence-corrected chi connectivity index (χ3v) is 49.5. The van der Waals surface area contributed by atoms with Gasteiger partial charge in [0.1, 0.15) is 66.8 Å². The first kappa shape index (κ1) is 121. The van der Waals surface area contributed by atoms with Crippen LogP contribution in [0, 0.1) is 59.2 Å². The number of carbonyl (C=O) groups is 2. The Kier molecular flexibility index (Phi) is 44.1. The average molecular weight is 2170 g/mol. The molecule has 6 aromatic heterocycles. The average Bonchev–Trinajstić information content (AvgIpc) is 1.61. The van der Waals surface area contributed by atoms with Crippen LogP contribution < -0.4 is 33.1 Å². The lowest BCUT2D eigenvalue weighted by atomic mass is 10.1. The largest absolute Gasteiger partial charge is 0.408 e. The molecule has 4 aliphatic rings. The normalized spacial score (nSPS) is 23.3. The number of hydrogen-bond donors (Lipinski definition) is 4. The third-order valence-electron chi connectivity index (χ3n) is 27.3.